The summed E-state index contributed by atoms with van der Waals surface area (Å²) < 4.78 is 28.1. The number of aryl methyl sites for hydroxylation is 1. The molecule has 0 unspecified atom stereocenters. The maximum atomic E-state index is 13.8. The molecule has 0 aliphatic carbocycles. The monoisotopic (exact) mass is 260 g/mol. The van der Waals surface area contributed by atoms with Gasteiger partial charge >= 0.3 is 0 Å². The van der Waals surface area contributed by atoms with Crippen LogP contribution < -0.4 is 5.73 Å². The summed E-state index contributed by atoms with van der Waals surface area (Å²) in [5.41, 5.74) is 7.85. The molecular formula is C13H10F2N4. The van der Waals surface area contributed by atoms with Crippen LogP contribution in [0.25, 0.3) is 16.9 Å². The summed E-state index contributed by atoms with van der Waals surface area (Å²) in [4.78, 5) is 8.33. The van der Waals surface area contributed by atoms with E-state index in [0.717, 1.165) is 17.7 Å². The van der Waals surface area contributed by atoms with E-state index in [4.69, 9.17) is 5.73 Å². The van der Waals surface area contributed by atoms with Gasteiger partial charge in [0.25, 0.3) is 0 Å². The number of imidazole rings is 1. The van der Waals surface area contributed by atoms with Gasteiger partial charge in [0.1, 0.15) is 17.2 Å². The largest absolute Gasteiger partial charge is 0.369 e. The molecule has 0 saturated carbocycles. The van der Waals surface area contributed by atoms with Crippen LogP contribution in [-0.4, -0.2) is 14.5 Å². The minimum absolute atomic E-state index is 0.110. The average Bonchev–Trinajstić information content (AvgIpc) is 2.65. The smallest absolute Gasteiger partial charge is 0.207 e. The van der Waals surface area contributed by atoms with Crippen LogP contribution in [0, 0.1) is 18.6 Å². The molecule has 96 valence electrons. The Morgan fingerprint density at radius 1 is 1.21 bits per heavy atom. The van der Waals surface area contributed by atoms with E-state index in [1.54, 1.807) is 12.3 Å². The Bertz CT molecular complexity index is 780. The lowest BCUT2D eigenvalue weighted by Crippen LogP contribution is -2.04. The maximum absolute atomic E-state index is 13.8. The summed E-state index contributed by atoms with van der Waals surface area (Å²) in [6.07, 6.45) is 1.64. The van der Waals surface area contributed by atoms with E-state index < -0.39 is 11.6 Å². The van der Waals surface area contributed by atoms with E-state index in [9.17, 15) is 8.78 Å². The molecular weight excluding hydrogens is 250 g/mol. The van der Waals surface area contributed by atoms with Crippen molar-refractivity contribution >= 4 is 17.1 Å². The van der Waals surface area contributed by atoms with Crippen molar-refractivity contribution in [1.29, 1.82) is 0 Å². The van der Waals surface area contributed by atoms with Crippen LogP contribution in [0.15, 0.2) is 30.5 Å². The third-order valence-corrected chi connectivity index (χ3v) is 2.81. The van der Waals surface area contributed by atoms with E-state index in [1.807, 2.05) is 6.92 Å². The summed E-state index contributed by atoms with van der Waals surface area (Å²) in [6, 6.07) is 5.08. The first-order valence-corrected chi connectivity index (χ1v) is 5.62. The Balaban J connectivity index is 2.33. The van der Waals surface area contributed by atoms with Crippen LogP contribution in [0.2, 0.25) is 0 Å². The van der Waals surface area contributed by atoms with Crippen molar-refractivity contribution in [3.8, 4) is 5.69 Å². The summed E-state index contributed by atoms with van der Waals surface area (Å²) in [7, 11) is 0. The zero-order valence-corrected chi connectivity index (χ0v) is 10.1. The highest BCUT2D eigenvalue weighted by molar-refractivity contribution is 5.77. The number of aromatic nitrogens is 3. The molecule has 0 fully saturated rings. The quantitative estimate of drug-likeness (QED) is 0.731. The third-order valence-electron chi connectivity index (χ3n) is 2.81. The van der Waals surface area contributed by atoms with Crippen molar-refractivity contribution in [2.45, 2.75) is 6.92 Å². The average molecular weight is 260 g/mol. The number of pyridine rings is 1. The fourth-order valence-corrected chi connectivity index (χ4v) is 1.98. The molecule has 0 atom stereocenters. The number of rotatable bonds is 1. The van der Waals surface area contributed by atoms with Crippen LogP contribution in [0.4, 0.5) is 14.7 Å². The molecule has 3 aromatic rings. The van der Waals surface area contributed by atoms with E-state index in [2.05, 4.69) is 9.97 Å². The summed E-state index contributed by atoms with van der Waals surface area (Å²) in [5, 5.41) is 0. The molecule has 2 N–H and O–H groups in total. The molecule has 0 aliphatic heterocycles. The molecule has 2 heterocycles. The standard InChI is InChI=1S/C13H10F2N4/c1-7-4-10-12(17-6-7)19(13(16)18-10)11-3-2-8(14)5-9(11)15/h2-6H,1H3,(H2,16,18). The Morgan fingerprint density at radius 3 is 2.74 bits per heavy atom. The zero-order chi connectivity index (χ0) is 13.6. The molecule has 0 spiro atoms. The van der Waals surface area contributed by atoms with Crippen molar-refractivity contribution in [2.75, 3.05) is 5.73 Å². The normalized spacial score (nSPS) is 11.1. The lowest BCUT2D eigenvalue weighted by atomic mass is 10.3. The Kier molecular flexibility index (Phi) is 2.45. The van der Waals surface area contributed by atoms with Crippen molar-refractivity contribution in [3.63, 3.8) is 0 Å². The minimum atomic E-state index is -0.714. The Hall–Kier alpha value is -2.50. The molecule has 19 heavy (non-hydrogen) atoms. The highest BCUT2D eigenvalue weighted by Gasteiger charge is 2.15. The molecule has 4 nitrogen and oxygen atoms in total. The fraction of sp³-hybridized carbons (Fsp3) is 0.0769. The van der Waals surface area contributed by atoms with Gasteiger partial charge in [-0.3, -0.25) is 4.57 Å². The third kappa shape index (κ3) is 1.81. The molecule has 3 rings (SSSR count). The highest BCUT2D eigenvalue weighted by Crippen LogP contribution is 2.24. The first-order chi connectivity index (χ1) is 9.06. The summed E-state index contributed by atoms with van der Waals surface area (Å²) in [5.74, 6) is -1.25. The number of nitrogen functional groups attached to an aromatic ring is 1. The maximum Gasteiger partial charge on any atom is 0.207 e. The van der Waals surface area contributed by atoms with Gasteiger partial charge in [0.2, 0.25) is 5.95 Å². The molecule has 1 aromatic carbocycles. The molecule has 0 amide bonds. The second-order valence-corrected chi connectivity index (χ2v) is 4.26. The summed E-state index contributed by atoms with van der Waals surface area (Å²) in [6.45, 7) is 1.88. The molecule has 2 aromatic heterocycles. The number of fused-ring (bicyclic) bond motifs is 1. The van der Waals surface area contributed by atoms with Crippen molar-refractivity contribution in [2.24, 2.45) is 0 Å². The van der Waals surface area contributed by atoms with E-state index in [-0.39, 0.29) is 11.6 Å². The van der Waals surface area contributed by atoms with Crippen LogP contribution in [0.1, 0.15) is 5.56 Å². The number of hydrogen-bond acceptors (Lipinski definition) is 3. The fourth-order valence-electron chi connectivity index (χ4n) is 1.98. The minimum Gasteiger partial charge on any atom is -0.369 e. The van der Waals surface area contributed by atoms with Crippen LogP contribution in [0.3, 0.4) is 0 Å². The van der Waals surface area contributed by atoms with Gasteiger partial charge in [-0.05, 0) is 30.7 Å². The lowest BCUT2D eigenvalue weighted by Gasteiger charge is -2.07. The number of hydrogen-bond donors (Lipinski definition) is 1. The van der Waals surface area contributed by atoms with E-state index >= 15 is 0 Å². The predicted molar refractivity (Wildman–Crippen MR) is 67.9 cm³/mol. The number of nitrogens with two attached hydrogens (primary N) is 1. The second-order valence-electron chi connectivity index (χ2n) is 4.26. The van der Waals surface area contributed by atoms with Gasteiger partial charge in [-0.1, -0.05) is 0 Å². The van der Waals surface area contributed by atoms with E-state index in [0.29, 0.717) is 11.2 Å². The van der Waals surface area contributed by atoms with Gasteiger partial charge in [0.05, 0.1) is 5.69 Å². The highest BCUT2D eigenvalue weighted by atomic mass is 19.1. The molecule has 0 radical (unpaired) electrons. The SMILES string of the molecule is Cc1cnc2c(c1)nc(N)n2-c1ccc(F)cc1F. The number of halogens is 2. The number of benzene rings is 1. The van der Waals surface area contributed by atoms with Gasteiger partial charge in [-0.2, -0.15) is 0 Å². The number of nitrogens with zero attached hydrogens (tertiary/aromatic N) is 3. The van der Waals surface area contributed by atoms with Crippen molar-refractivity contribution < 1.29 is 8.78 Å². The van der Waals surface area contributed by atoms with Gasteiger partial charge in [-0.25, -0.2) is 18.7 Å². The summed E-state index contributed by atoms with van der Waals surface area (Å²) >= 11 is 0. The van der Waals surface area contributed by atoms with Crippen LogP contribution in [-0.2, 0) is 0 Å². The molecule has 0 bridgehead atoms. The van der Waals surface area contributed by atoms with Gasteiger partial charge in [0.15, 0.2) is 5.65 Å². The lowest BCUT2D eigenvalue weighted by molar-refractivity contribution is 0.578. The first kappa shape index (κ1) is 11.6. The second kappa shape index (κ2) is 4.01. The topological polar surface area (TPSA) is 56.7 Å². The predicted octanol–water partition coefficient (Wildman–Crippen LogP) is 2.59. The molecule has 0 saturated heterocycles. The Morgan fingerprint density at radius 2 is 2.00 bits per heavy atom. The van der Waals surface area contributed by atoms with Crippen LogP contribution >= 0.6 is 0 Å². The van der Waals surface area contributed by atoms with Crippen molar-refractivity contribution in [3.05, 3.63) is 47.7 Å². The molecule has 6 heteroatoms. The van der Waals surface area contributed by atoms with Gasteiger partial charge < -0.3 is 5.73 Å². The number of anilines is 1. The zero-order valence-electron chi connectivity index (χ0n) is 10.1. The van der Waals surface area contributed by atoms with Gasteiger partial charge in [-0.15, -0.1) is 0 Å². The van der Waals surface area contributed by atoms with Gasteiger partial charge in [0, 0.05) is 12.3 Å². The molecule has 0 aliphatic rings. The van der Waals surface area contributed by atoms with Crippen LogP contribution in [0.5, 0.6) is 0 Å². The van der Waals surface area contributed by atoms with Crippen molar-refractivity contribution in [1.82, 2.24) is 14.5 Å². The first-order valence-electron chi connectivity index (χ1n) is 5.62. The van der Waals surface area contributed by atoms with E-state index in [1.165, 1.54) is 10.6 Å². The Labute approximate surface area is 107 Å².